The van der Waals surface area contributed by atoms with Gasteiger partial charge in [-0.2, -0.15) is 0 Å². The first-order valence-electron chi connectivity index (χ1n) is 7.25. The van der Waals surface area contributed by atoms with E-state index in [1.54, 1.807) is 6.26 Å². The van der Waals surface area contributed by atoms with Crippen molar-refractivity contribution in [1.82, 2.24) is 10.2 Å². The Kier molecular flexibility index (Phi) is 7.98. The lowest BCUT2D eigenvalue weighted by Crippen LogP contribution is -2.36. The van der Waals surface area contributed by atoms with Crippen LogP contribution in [0.3, 0.4) is 0 Å². The average Bonchev–Trinajstić information content (AvgIpc) is 2.82. The third-order valence-corrected chi connectivity index (χ3v) is 4.40. The summed E-state index contributed by atoms with van der Waals surface area (Å²) in [4.78, 5) is 12.7. The Morgan fingerprint density at radius 3 is 2.90 bits per heavy atom. The summed E-state index contributed by atoms with van der Waals surface area (Å²) >= 11 is 1.25. The van der Waals surface area contributed by atoms with Crippen LogP contribution < -0.4 is 5.32 Å². The van der Waals surface area contributed by atoms with E-state index in [2.05, 4.69) is 36.2 Å². The van der Waals surface area contributed by atoms with Gasteiger partial charge in [-0.3, -0.25) is 0 Å². The maximum Gasteiger partial charge on any atom is 0.234 e. The minimum Gasteiger partial charge on any atom is -0.378 e. The predicted octanol–water partition coefficient (Wildman–Crippen LogP) is 1.62. The molecule has 21 heavy (non-hydrogen) atoms. The number of nitrogens with one attached hydrogen (secondary N) is 1. The minimum atomic E-state index is -0.671. The first-order valence-corrected chi connectivity index (χ1v) is 8.47. The third kappa shape index (κ3) is 7.10. The normalized spacial score (nSPS) is 24.3. The van der Waals surface area contributed by atoms with Crippen LogP contribution in [0.25, 0.3) is 0 Å². The molecule has 0 saturated carbocycles. The molecule has 122 valence electrons. The Labute approximate surface area is 130 Å². The molecule has 0 aromatic carbocycles. The van der Waals surface area contributed by atoms with Crippen molar-refractivity contribution in [1.29, 1.82) is 0 Å². The van der Waals surface area contributed by atoms with Crippen LogP contribution in [-0.4, -0.2) is 60.2 Å². The van der Waals surface area contributed by atoms with Crippen molar-refractivity contribution >= 4 is 16.9 Å². The highest BCUT2D eigenvalue weighted by Crippen LogP contribution is 2.20. The molecular weight excluding hydrogens is 292 g/mol. The van der Waals surface area contributed by atoms with Gasteiger partial charge in [0.1, 0.15) is 0 Å². The molecule has 1 aliphatic heterocycles. The monoisotopic (exact) mass is 318 g/mol. The quantitative estimate of drug-likeness (QED) is 0.332. The number of ether oxygens (including phenoxy) is 1. The summed E-state index contributed by atoms with van der Waals surface area (Å²) in [5, 5.41) is 16.3. The molecule has 0 radical (unpaired) electrons. The van der Waals surface area contributed by atoms with Crippen LogP contribution in [0.4, 0.5) is 0 Å². The van der Waals surface area contributed by atoms with Gasteiger partial charge in [0.25, 0.3) is 0 Å². The lowest BCUT2D eigenvalue weighted by Gasteiger charge is -2.27. The summed E-state index contributed by atoms with van der Waals surface area (Å²) in [6.45, 7) is 6.85. The van der Waals surface area contributed by atoms with Crippen molar-refractivity contribution in [2.75, 3.05) is 33.0 Å². The van der Waals surface area contributed by atoms with E-state index in [0.717, 1.165) is 26.0 Å². The van der Waals surface area contributed by atoms with Gasteiger partial charge in [-0.05, 0) is 45.9 Å². The second-order valence-electron chi connectivity index (χ2n) is 5.60. The van der Waals surface area contributed by atoms with Gasteiger partial charge in [-0.1, -0.05) is 11.8 Å². The van der Waals surface area contributed by atoms with Crippen molar-refractivity contribution in [2.24, 2.45) is 11.0 Å². The molecule has 3 atom stereocenters. The van der Waals surface area contributed by atoms with Crippen LogP contribution in [0, 0.1) is 16.0 Å². The van der Waals surface area contributed by atoms with Gasteiger partial charge < -0.3 is 15.0 Å². The van der Waals surface area contributed by atoms with Crippen LogP contribution >= 0.6 is 11.8 Å². The molecule has 1 N–H and O–H groups in total. The lowest BCUT2D eigenvalue weighted by molar-refractivity contribution is -0.484. The van der Waals surface area contributed by atoms with Crippen molar-refractivity contribution in [2.45, 2.75) is 38.8 Å². The largest absolute Gasteiger partial charge is 0.378 e. The summed E-state index contributed by atoms with van der Waals surface area (Å²) in [5.41, 5.74) is 0. The van der Waals surface area contributed by atoms with Crippen molar-refractivity contribution in [3.8, 4) is 0 Å². The molecule has 0 aromatic heterocycles. The van der Waals surface area contributed by atoms with Crippen molar-refractivity contribution in [3.63, 3.8) is 0 Å². The number of thioether (sulfide) groups is 1. The van der Waals surface area contributed by atoms with Gasteiger partial charge in [0.15, 0.2) is 5.03 Å². The van der Waals surface area contributed by atoms with Gasteiger partial charge in [0.2, 0.25) is 5.17 Å². The second-order valence-corrected chi connectivity index (χ2v) is 6.39. The molecule has 3 unspecified atom stereocenters. The van der Waals surface area contributed by atoms with E-state index in [1.165, 1.54) is 11.8 Å². The first kappa shape index (κ1) is 18.2. The first-order chi connectivity index (χ1) is 9.92. The van der Waals surface area contributed by atoms with Crippen molar-refractivity contribution in [3.05, 3.63) is 10.1 Å². The highest BCUT2D eigenvalue weighted by atomic mass is 32.2. The standard InChI is InChI=1S/C13H26N4O3S/c1-10(5-6-14-13(21-4)15-17(18)19)16(3)8-12-7-11(2)20-9-12/h10-12H,5-9H2,1-4H3,(H,14,15). The molecule has 0 bridgehead atoms. The maximum atomic E-state index is 10.3. The zero-order valence-electron chi connectivity index (χ0n) is 13.2. The third-order valence-electron chi connectivity index (χ3n) is 3.78. The zero-order chi connectivity index (χ0) is 15.8. The van der Waals surface area contributed by atoms with Gasteiger partial charge in [0, 0.05) is 19.1 Å². The molecule has 1 heterocycles. The summed E-state index contributed by atoms with van der Waals surface area (Å²) < 4.78 is 5.59. The number of hydrogen-bond acceptors (Lipinski definition) is 5. The molecule has 0 amide bonds. The molecule has 0 aromatic rings. The summed E-state index contributed by atoms with van der Waals surface area (Å²) in [6.07, 6.45) is 4.19. The summed E-state index contributed by atoms with van der Waals surface area (Å²) in [7, 11) is 2.12. The Morgan fingerprint density at radius 1 is 1.67 bits per heavy atom. The molecule has 7 nitrogen and oxygen atoms in total. The van der Waals surface area contributed by atoms with E-state index >= 15 is 0 Å². The fraction of sp³-hybridized carbons (Fsp3) is 0.923. The van der Waals surface area contributed by atoms with Crippen LogP contribution in [-0.2, 0) is 4.74 Å². The van der Waals surface area contributed by atoms with Crippen LogP contribution in [0.1, 0.15) is 26.7 Å². The summed E-state index contributed by atoms with van der Waals surface area (Å²) in [5.74, 6) is 0.609. The minimum absolute atomic E-state index is 0.355. The Hall–Kier alpha value is -0.860. The molecular formula is C13H26N4O3S. The van der Waals surface area contributed by atoms with Gasteiger partial charge in [-0.25, -0.2) is 10.1 Å². The number of nitrogens with zero attached hydrogens (tertiary/aromatic N) is 3. The van der Waals surface area contributed by atoms with Gasteiger partial charge in [-0.15, -0.1) is 0 Å². The zero-order valence-corrected chi connectivity index (χ0v) is 14.1. The number of nitro groups is 1. The van der Waals surface area contributed by atoms with E-state index in [9.17, 15) is 10.1 Å². The number of hydrazone groups is 1. The van der Waals surface area contributed by atoms with E-state index in [4.69, 9.17) is 4.74 Å². The molecule has 1 rings (SSSR count). The summed E-state index contributed by atoms with van der Waals surface area (Å²) in [6, 6.07) is 0.409. The molecule has 8 heteroatoms. The topological polar surface area (TPSA) is 80.0 Å². The van der Waals surface area contributed by atoms with Crippen LogP contribution in [0.2, 0.25) is 0 Å². The van der Waals surface area contributed by atoms with E-state index in [-0.39, 0.29) is 0 Å². The molecule has 0 spiro atoms. The fourth-order valence-corrected chi connectivity index (χ4v) is 2.85. The Bertz CT molecular complexity index is 367. The van der Waals surface area contributed by atoms with E-state index in [1.807, 2.05) is 0 Å². The van der Waals surface area contributed by atoms with Crippen LogP contribution in [0.15, 0.2) is 5.10 Å². The Morgan fingerprint density at radius 2 is 2.38 bits per heavy atom. The van der Waals surface area contributed by atoms with Crippen LogP contribution in [0.5, 0.6) is 0 Å². The molecule has 0 aliphatic carbocycles. The van der Waals surface area contributed by atoms with Gasteiger partial charge >= 0.3 is 0 Å². The van der Waals surface area contributed by atoms with E-state index < -0.39 is 5.03 Å². The molecule has 1 aliphatic rings. The predicted molar refractivity (Wildman–Crippen MR) is 86.2 cm³/mol. The Balaban J connectivity index is 2.26. The van der Waals surface area contributed by atoms with Crippen molar-refractivity contribution < 1.29 is 9.77 Å². The maximum absolute atomic E-state index is 10.3. The highest BCUT2D eigenvalue weighted by molar-refractivity contribution is 8.13. The SMILES string of the molecule is CSC(=N[N+](=O)[O-])NCCC(C)N(C)CC1COC(C)C1. The molecule has 1 saturated heterocycles. The number of rotatable bonds is 7. The molecule has 1 fully saturated rings. The smallest absolute Gasteiger partial charge is 0.234 e. The van der Waals surface area contributed by atoms with E-state index in [0.29, 0.717) is 29.8 Å². The lowest BCUT2D eigenvalue weighted by atomic mass is 10.0. The fourth-order valence-electron chi connectivity index (χ4n) is 2.45. The highest BCUT2D eigenvalue weighted by Gasteiger charge is 2.24. The second kappa shape index (κ2) is 9.22. The average molecular weight is 318 g/mol. The number of amidine groups is 1. The number of hydrogen-bond donors (Lipinski definition) is 1. The van der Waals surface area contributed by atoms with Gasteiger partial charge in [0.05, 0.1) is 17.8 Å².